The van der Waals surface area contributed by atoms with E-state index < -0.39 is 5.97 Å². The first-order chi connectivity index (χ1) is 9.47. The van der Waals surface area contributed by atoms with Crippen LogP contribution in [0.4, 0.5) is 0 Å². The monoisotopic (exact) mass is 268 g/mol. The van der Waals surface area contributed by atoms with E-state index >= 15 is 0 Å². The van der Waals surface area contributed by atoms with E-state index in [1.807, 2.05) is 32.0 Å². The quantitative estimate of drug-likeness (QED) is 0.660. The zero-order valence-corrected chi connectivity index (χ0v) is 11.4. The van der Waals surface area contributed by atoms with Crippen molar-refractivity contribution in [1.82, 2.24) is 0 Å². The number of phenols is 1. The molecule has 0 fully saturated rings. The third-order valence-electron chi connectivity index (χ3n) is 3.12. The van der Waals surface area contributed by atoms with Gasteiger partial charge in [0.2, 0.25) is 0 Å². The Balaban J connectivity index is 2.54. The minimum atomic E-state index is -0.966. The second-order valence-electron chi connectivity index (χ2n) is 4.77. The van der Waals surface area contributed by atoms with E-state index in [4.69, 9.17) is 0 Å². The minimum Gasteiger partial charge on any atom is -0.508 e. The maximum absolute atomic E-state index is 11.5. The molecule has 0 unspecified atom stereocenters. The van der Waals surface area contributed by atoms with Gasteiger partial charge >= 0.3 is 5.97 Å². The van der Waals surface area contributed by atoms with Gasteiger partial charge in [-0.1, -0.05) is 35.9 Å². The zero-order chi connectivity index (χ0) is 14.7. The summed E-state index contributed by atoms with van der Waals surface area (Å²) in [6, 6.07) is 12.2. The maximum Gasteiger partial charge on any atom is 0.336 e. The fraction of sp³-hybridized carbons (Fsp3) is 0.118. The highest BCUT2D eigenvalue weighted by Crippen LogP contribution is 2.24. The summed E-state index contributed by atoms with van der Waals surface area (Å²) in [6.45, 7) is 3.82. The van der Waals surface area contributed by atoms with Crippen LogP contribution in [0.25, 0.3) is 11.6 Å². The molecule has 0 heterocycles. The molecule has 0 bridgehead atoms. The van der Waals surface area contributed by atoms with Crippen LogP contribution in [-0.4, -0.2) is 16.2 Å². The lowest BCUT2D eigenvalue weighted by Gasteiger charge is -2.08. The Bertz CT molecular complexity index is 667. The van der Waals surface area contributed by atoms with Crippen molar-refractivity contribution in [3.05, 3.63) is 64.7 Å². The number of benzene rings is 2. The number of hydrogen-bond acceptors (Lipinski definition) is 2. The van der Waals surface area contributed by atoms with Crippen molar-refractivity contribution in [3.8, 4) is 5.75 Å². The van der Waals surface area contributed by atoms with Gasteiger partial charge in [0, 0.05) is 0 Å². The van der Waals surface area contributed by atoms with Gasteiger partial charge in [0.1, 0.15) is 5.75 Å². The molecule has 0 aliphatic carbocycles. The van der Waals surface area contributed by atoms with Crippen LogP contribution in [0.3, 0.4) is 0 Å². The summed E-state index contributed by atoms with van der Waals surface area (Å²) >= 11 is 0. The van der Waals surface area contributed by atoms with Crippen LogP contribution in [0, 0.1) is 13.8 Å². The predicted octanol–water partition coefficient (Wildman–Crippen LogP) is 3.63. The lowest BCUT2D eigenvalue weighted by molar-refractivity contribution is -0.130. The summed E-state index contributed by atoms with van der Waals surface area (Å²) in [7, 11) is 0. The summed E-state index contributed by atoms with van der Waals surface area (Å²) in [5.74, 6) is -0.808. The van der Waals surface area contributed by atoms with E-state index in [0.29, 0.717) is 5.56 Å². The van der Waals surface area contributed by atoms with Crippen LogP contribution in [-0.2, 0) is 4.79 Å². The topological polar surface area (TPSA) is 57.5 Å². The summed E-state index contributed by atoms with van der Waals surface area (Å²) in [5.41, 5.74) is 3.63. The Morgan fingerprint density at radius 1 is 1.05 bits per heavy atom. The van der Waals surface area contributed by atoms with Crippen LogP contribution in [0.5, 0.6) is 5.75 Å². The third-order valence-corrected chi connectivity index (χ3v) is 3.12. The van der Waals surface area contributed by atoms with Crippen LogP contribution in [0.15, 0.2) is 42.5 Å². The van der Waals surface area contributed by atoms with E-state index in [1.165, 1.54) is 12.1 Å². The largest absolute Gasteiger partial charge is 0.508 e. The highest BCUT2D eigenvalue weighted by Gasteiger charge is 2.13. The van der Waals surface area contributed by atoms with Gasteiger partial charge in [-0.2, -0.15) is 0 Å². The van der Waals surface area contributed by atoms with Crippen LogP contribution in [0.1, 0.15) is 22.3 Å². The standard InChI is InChI=1S/C17H16O3/c1-11-3-4-12(2)15(9-11)16(17(19)20)10-13-5-7-14(18)8-6-13/h3-10,18H,1-2H3,(H,19,20)/b16-10-. The van der Waals surface area contributed by atoms with Gasteiger partial charge in [0.15, 0.2) is 0 Å². The van der Waals surface area contributed by atoms with Crippen molar-refractivity contribution in [2.24, 2.45) is 0 Å². The molecule has 0 saturated heterocycles. The summed E-state index contributed by atoms with van der Waals surface area (Å²) < 4.78 is 0. The highest BCUT2D eigenvalue weighted by molar-refractivity contribution is 6.21. The fourth-order valence-corrected chi connectivity index (χ4v) is 2.02. The molecular weight excluding hydrogens is 252 g/mol. The number of carboxylic acids is 1. The first kappa shape index (κ1) is 13.9. The van der Waals surface area contributed by atoms with Gasteiger partial charge in [0.05, 0.1) is 5.57 Å². The second kappa shape index (κ2) is 5.61. The number of aromatic hydroxyl groups is 1. The highest BCUT2D eigenvalue weighted by atomic mass is 16.4. The van der Waals surface area contributed by atoms with Crippen molar-refractivity contribution in [3.63, 3.8) is 0 Å². The van der Waals surface area contributed by atoms with E-state index in [9.17, 15) is 15.0 Å². The molecular formula is C17H16O3. The summed E-state index contributed by atoms with van der Waals surface area (Å²) in [6.07, 6.45) is 1.61. The molecule has 0 amide bonds. The van der Waals surface area contributed by atoms with Gasteiger partial charge in [-0.05, 0) is 48.7 Å². The van der Waals surface area contributed by atoms with Crippen molar-refractivity contribution in [2.75, 3.05) is 0 Å². The van der Waals surface area contributed by atoms with Gasteiger partial charge < -0.3 is 10.2 Å². The number of carbonyl (C=O) groups is 1. The van der Waals surface area contributed by atoms with E-state index in [1.54, 1.807) is 18.2 Å². The number of phenolic OH excluding ortho intramolecular Hbond substituents is 1. The predicted molar refractivity (Wildman–Crippen MR) is 79.5 cm³/mol. The molecule has 2 aromatic carbocycles. The normalized spacial score (nSPS) is 11.4. The van der Waals surface area contributed by atoms with Crippen molar-refractivity contribution < 1.29 is 15.0 Å². The molecule has 0 radical (unpaired) electrons. The number of aliphatic carboxylic acids is 1. The average molecular weight is 268 g/mol. The molecule has 0 atom stereocenters. The van der Waals surface area contributed by atoms with E-state index in [0.717, 1.165) is 16.7 Å². The first-order valence-corrected chi connectivity index (χ1v) is 6.29. The minimum absolute atomic E-state index is 0.158. The lowest BCUT2D eigenvalue weighted by atomic mass is 9.96. The first-order valence-electron chi connectivity index (χ1n) is 6.29. The molecule has 0 aliphatic rings. The zero-order valence-electron chi connectivity index (χ0n) is 11.4. The number of aryl methyl sites for hydroxylation is 2. The molecule has 0 aliphatic heterocycles. The second-order valence-corrected chi connectivity index (χ2v) is 4.77. The molecule has 2 aromatic rings. The molecule has 102 valence electrons. The van der Waals surface area contributed by atoms with Gasteiger partial charge in [-0.3, -0.25) is 0 Å². The molecule has 0 spiro atoms. The Morgan fingerprint density at radius 2 is 1.70 bits per heavy atom. The average Bonchev–Trinajstić information content (AvgIpc) is 2.41. The summed E-state index contributed by atoms with van der Waals surface area (Å²) in [5, 5.41) is 18.7. The van der Waals surface area contributed by atoms with Crippen LogP contribution >= 0.6 is 0 Å². The Hall–Kier alpha value is -2.55. The number of hydrogen-bond donors (Lipinski definition) is 2. The SMILES string of the molecule is Cc1ccc(C)c(/C(=C/c2ccc(O)cc2)C(=O)O)c1. The number of carboxylic acid groups (broad SMARTS) is 1. The third kappa shape index (κ3) is 3.06. The van der Waals surface area contributed by atoms with Crippen molar-refractivity contribution >= 4 is 17.6 Å². The Labute approximate surface area is 117 Å². The van der Waals surface area contributed by atoms with Gasteiger partial charge in [-0.15, -0.1) is 0 Å². The molecule has 2 N–H and O–H groups in total. The van der Waals surface area contributed by atoms with Gasteiger partial charge in [-0.25, -0.2) is 4.79 Å². The van der Waals surface area contributed by atoms with E-state index in [2.05, 4.69) is 0 Å². The van der Waals surface area contributed by atoms with Gasteiger partial charge in [0.25, 0.3) is 0 Å². The number of rotatable bonds is 3. The van der Waals surface area contributed by atoms with Crippen molar-refractivity contribution in [2.45, 2.75) is 13.8 Å². The smallest absolute Gasteiger partial charge is 0.336 e. The molecule has 3 nitrogen and oxygen atoms in total. The van der Waals surface area contributed by atoms with Crippen LogP contribution < -0.4 is 0 Å². The van der Waals surface area contributed by atoms with Crippen molar-refractivity contribution in [1.29, 1.82) is 0 Å². The molecule has 0 aromatic heterocycles. The van der Waals surface area contributed by atoms with E-state index in [-0.39, 0.29) is 11.3 Å². The lowest BCUT2D eigenvalue weighted by Crippen LogP contribution is -2.02. The fourth-order valence-electron chi connectivity index (χ4n) is 2.02. The summed E-state index contributed by atoms with van der Waals surface area (Å²) in [4.78, 5) is 11.5. The molecule has 2 rings (SSSR count). The molecule has 20 heavy (non-hydrogen) atoms. The molecule has 0 saturated carbocycles. The Morgan fingerprint density at radius 3 is 2.30 bits per heavy atom. The maximum atomic E-state index is 11.5. The Kier molecular flexibility index (Phi) is 3.89. The van der Waals surface area contributed by atoms with Crippen LogP contribution in [0.2, 0.25) is 0 Å². The molecule has 3 heteroatoms.